The number of anilines is 1. The first-order valence-corrected chi connectivity index (χ1v) is 8.10. The third kappa shape index (κ3) is 3.66. The summed E-state index contributed by atoms with van der Waals surface area (Å²) in [4.78, 5) is 0. The number of nitrogens with one attached hydrogen (secondary N) is 2. The van der Waals surface area contributed by atoms with Crippen molar-refractivity contribution >= 4 is 31.6 Å². The molecule has 1 aliphatic rings. The Hall–Kier alpha value is -0.660. The molecule has 1 saturated heterocycles. The largest absolute Gasteiger partial charge is 0.313 e. The summed E-state index contributed by atoms with van der Waals surface area (Å²) < 4.78 is 40.1. The van der Waals surface area contributed by atoms with E-state index in [4.69, 9.17) is 0 Å². The van der Waals surface area contributed by atoms with E-state index in [-0.39, 0.29) is 17.5 Å². The standard InChI is InChI=1S/C11H14BrFN2O2S/c12-8-3-4-10(13)11(6-8)15-18(16,17)7-9-2-1-5-14-9/h3-4,6,9,14-15H,1-2,5,7H2. The Labute approximate surface area is 114 Å². The second kappa shape index (κ2) is 5.54. The summed E-state index contributed by atoms with van der Waals surface area (Å²) in [6.45, 7) is 0.839. The summed E-state index contributed by atoms with van der Waals surface area (Å²) in [6.07, 6.45) is 1.81. The lowest BCUT2D eigenvalue weighted by Crippen LogP contribution is -2.33. The van der Waals surface area contributed by atoms with Crippen molar-refractivity contribution in [3.8, 4) is 0 Å². The van der Waals surface area contributed by atoms with Gasteiger partial charge in [-0.2, -0.15) is 0 Å². The molecule has 0 bridgehead atoms. The third-order valence-corrected chi connectivity index (χ3v) is 4.64. The number of rotatable bonds is 4. The second-order valence-electron chi connectivity index (χ2n) is 4.30. The Morgan fingerprint density at radius 2 is 2.28 bits per heavy atom. The molecule has 2 rings (SSSR count). The van der Waals surface area contributed by atoms with Crippen molar-refractivity contribution < 1.29 is 12.8 Å². The van der Waals surface area contributed by atoms with Crippen molar-refractivity contribution in [1.82, 2.24) is 5.32 Å². The second-order valence-corrected chi connectivity index (χ2v) is 6.98. The zero-order valence-corrected chi connectivity index (χ0v) is 12.0. The van der Waals surface area contributed by atoms with Crippen molar-refractivity contribution in [3.05, 3.63) is 28.5 Å². The molecule has 0 radical (unpaired) electrons. The van der Waals surface area contributed by atoms with E-state index in [2.05, 4.69) is 26.0 Å². The average molecular weight is 337 g/mol. The highest BCUT2D eigenvalue weighted by Crippen LogP contribution is 2.21. The molecule has 1 unspecified atom stereocenters. The molecule has 1 atom stereocenters. The Morgan fingerprint density at radius 1 is 1.50 bits per heavy atom. The molecule has 100 valence electrons. The van der Waals surface area contributed by atoms with Crippen LogP contribution in [0.25, 0.3) is 0 Å². The third-order valence-electron chi connectivity index (χ3n) is 2.78. The highest BCUT2D eigenvalue weighted by atomic mass is 79.9. The normalized spacial score (nSPS) is 20.0. The highest BCUT2D eigenvalue weighted by molar-refractivity contribution is 9.10. The molecule has 1 fully saturated rings. The van der Waals surface area contributed by atoms with Gasteiger partial charge in [0.25, 0.3) is 0 Å². The van der Waals surface area contributed by atoms with Gasteiger partial charge in [-0.1, -0.05) is 15.9 Å². The Balaban J connectivity index is 2.09. The van der Waals surface area contributed by atoms with Crippen LogP contribution in [-0.4, -0.2) is 26.8 Å². The fourth-order valence-electron chi connectivity index (χ4n) is 1.95. The van der Waals surface area contributed by atoms with Crippen molar-refractivity contribution in [3.63, 3.8) is 0 Å². The van der Waals surface area contributed by atoms with Crippen molar-refractivity contribution in [2.24, 2.45) is 0 Å². The van der Waals surface area contributed by atoms with Gasteiger partial charge in [-0.3, -0.25) is 4.72 Å². The minimum Gasteiger partial charge on any atom is -0.313 e. The maximum absolute atomic E-state index is 13.5. The van der Waals surface area contributed by atoms with E-state index in [9.17, 15) is 12.8 Å². The van der Waals surface area contributed by atoms with Gasteiger partial charge in [0, 0.05) is 10.5 Å². The van der Waals surface area contributed by atoms with E-state index in [0.29, 0.717) is 4.47 Å². The van der Waals surface area contributed by atoms with Crippen LogP contribution in [0.4, 0.5) is 10.1 Å². The first-order chi connectivity index (χ1) is 8.46. The fourth-order valence-corrected chi connectivity index (χ4v) is 3.70. The van der Waals surface area contributed by atoms with Crippen LogP contribution < -0.4 is 10.0 Å². The van der Waals surface area contributed by atoms with E-state index in [1.54, 1.807) is 0 Å². The van der Waals surface area contributed by atoms with Crippen molar-refractivity contribution in [1.29, 1.82) is 0 Å². The molecule has 0 aliphatic carbocycles. The average Bonchev–Trinajstić information content (AvgIpc) is 2.75. The SMILES string of the molecule is O=S(=O)(CC1CCCN1)Nc1cc(Br)ccc1F. The molecule has 2 N–H and O–H groups in total. The van der Waals surface area contributed by atoms with E-state index < -0.39 is 15.8 Å². The quantitative estimate of drug-likeness (QED) is 0.885. The smallest absolute Gasteiger partial charge is 0.234 e. The first kappa shape index (κ1) is 13.8. The van der Waals surface area contributed by atoms with Gasteiger partial charge in [0.2, 0.25) is 10.0 Å². The van der Waals surface area contributed by atoms with Crippen molar-refractivity contribution in [2.45, 2.75) is 18.9 Å². The summed E-state index contributed by atoms with van der Waals surface area (Å²) in [5, 5.41) is 3.10. The molecule has 0 saturated carbocycles. The minimum atomic E-state index is -3.53. The Morgan fingerprint density at radius 3 is 2.94 bits per heavy atom. The van der Waals surface area contributed by atoms with Crippen LogP contribution in [0.15, 0.2) is 22.7 Å². The van der Waals surface area contributed by atoms with E-state index in [1.165, 1.54) is 18.2 Å². The lowest BCUT2D eigenvalue weighted by Gasteiger charge is -2.13. The van der Waals surface area contributed by atoms with Gasteiger partial charge in [0.05, 0.1) is 11.4 Å². The summed E-state index contributed by atoms with van der Waals surface area (Å²) in [6, 6.07) is 4.11. The maximum Gasteiger partial charge on any atom is 0.234 e. The number of sulfonamides is 1. The number of hydrogen-bond donors (Lipinski definition) is 2. The van der Waals surface area contributed by atoms with E-state index in [0.717, 1.165) is 19.4 Å². The topological polar surface area (TPSA) is 58.2 Å². The van der Waals surface area contributed by atoms with Crippen LogP contribution in [0.2, 0.25) is 0 Å². The lowest BCUT2D eigenvalue weighted by atomic mass is 10.3. The van der Waals surface area contributed by atoms with E-state index >= 15 is 0 Å². The molecule has 18 heavy (non-hydrogen) atoms. The van der Waals surface area contributed by atoms with Gasteiger partial charge >= 0.3 is 0 Å². The summed E-state index contributed by atoms with van der Waals surface area (Å²) >= 11 is 3.18. The van der Waals surface area contributed by atoms with E-state index in [1.807, 2.05) is 0 Å². The molecular formula is C11H14BrFN2O2S. The fraction of sp³-hybridized carbons (Fsp3) is 0.455. The molecule has 4 nitrogen and oxygen atoms in total. The Bertz CT molecular complexity index is 530. The van der Waals surface area contributed by atoms with Crippen LogP contribution in [0.3, 0.4) is 0 Å². The number of halogens is 2. The highest BCUT2D eigenvalue weighted by Gasteiger charge is 2.22. The number of benzene rings is 1. The van der Waals surface area contributed by atoms with Crippen LogP contribution in [0.5, 0.6) is 0 Å². The molecule has 0 amide bonds. The van der Waals surface area contributed by atoms with Gasteiger partial charge in [0.15, 0.2) is 0 Å². The van der Waals surface area contributed by atoms with Gasteiger partial charge in [-0.05, 0) is 37.6 Å². The molecule has 1 aliphatic heterocycles. The molecule has 0 aromatic heterocycles. The molecule has 0 spiro atoms. The van der Waals surface area contributed by atoms with Gasteiger partial charge in [0.1, 0.15) is 5.82 Å². The minimum absolute atomic E-state index is 0.0256. The first-order valence-electron chi connectivity index (χ1n) is 5.65. The van der Waals surface area contributed by atoms with Gasteiger partial charge < -0.3 is 5.32 Å². The lowest BCUT2D eigenvalue weighted by molar-refractivity contribution is 0.580. The number of hydrogen-bond acceptors (Lipinski definition) is 3. The molecule has 1 aromatic carbocycles. The summed E-state index contributed by atoms with van der Waals surface area (Å²) in [7, 11) is -3.53. The predicted octanol–water partition coefficient (Wildman–Crippen LogP) is 2.08. The zero-order chi connectivity index (χ0) is 13.2. The molecule has 7 heteroatoms. The molecule has 1 aromatic rings. The van der Waals surface area contributed by atoms with Crippen molar-refractivity contribution in [2.75, 3.05) is 17.0 Å². The summed E-state index contributed by atoms with van der Waals surface area (Å²) in [5.74, 6) is -0.611. The monoisotopic (exact) mass is 336 g/mol. The van der Waals surface area contributed by atoms with Crippen LogP contribution >= 0.6 is 15.9 Å². The van der Waals surface area contributed by atoms with Gasteiger partial charge in [-0.15, -0.1) is 0 Å². The maximum atomic E-state index is 13.5. The summed E-state index contributed by atoms with van der Waals surface area (Å²) in [5.41, 5.74) is -0.0256. The van der Waals surface area contributed by atoms with Crippen LogP contribution in [-0.2, 0) is 10.0 Å². The Kier molecular flexibility index (Phi) is 4.24. The zero-order valence-electron chi connectivity index (χ0n) is 9.62. The molecule has 1 heterocycles. The van der Waals surface area contributed by atoms with Gasteiger partial charge in [-0.25, -0.2) is 12.8 Å². The van der Waals surface area contributed by atoms with Crippen LogP contribution in [0.1, 0.15) is 12.8 Å². The molecular weight excluding hydrogens is 323 g/mol. The van der Waals surface area contributed by atoms with Crippen LogP contribution in [0, 0.1) is 5.82 Å². The predicted molar refractivity (Wildman–Crippen MR) is 72.5 cm³/mol.